The van der Waals surface area contributed by atoms with Gasteiger partial charge in [0.25, 0.3) is 0 Å². The molecule has 0 amide bonds. The third-order valence-corrected chi connectivity index (χ3v) is 5.40. The van der Waals surface area contributed by atoms with Gasteiger partial charge < -0.3 is 0 Å². The number of Topliss-reactive ketones (excluding diaryl/α,β-unsaturated/α-hetero) is 1. The number of carbonyl (C=O) groups excluding carboxylic acids is 1. The van der Waals surface area contributed by atoms with Crippen molar-refractivity contribution in [2.45, 2.75) is 20.0 Å². The molecule has 136 valence electrons. The van der Waals surface area contributed by atoms with Crippen molar-refractivity contribution in [3.8, 4) is 0 Å². The van der Waals surface area contributed by atoms with Crippen molar-refractivity contribution in [1.82, 2.24) is 0 Å². The Morgan fingerprint density at radius 3 is 2.30 bits per heavy atom. The monoisotopic (exact) mass is 379 g/mol. The van der Waals surface area contributed by atoms with E-state index in [9.17, 15) is 9.18 Å². The van der Waals surface area contributed by atoms with Crippen LogP contribution < -0.4 is 9.91 Å². The molecule has 1 atom stereocenters. The van der Waals surface area contributed by atoms with E-state index >= 15 is 0 Å². The highest BCUT2D eigenvalue weighted by Crippen LogP contribution is 2.41. The SMILES string of the molecule is CC(=O)C1=NN(c2ccccc2)[C@H](c2ccc(C)s2)N1c1ccc(F)cc1. The number of hydrazone groups is 1. The average molecular weight is 379 g/mol. The molecule has 2 heterocycles. The van der Waals surface area contributed by atoms with Crippen LogP contribution in [0.2, 0.25) is 0 Å². The molecule has 1 aliphatic heterocycles. The predicted molar refractivity (Wildman–Crippen MR) is 108 cm³/mol. The first kappa shape index (κ1) is 17.4. The zero-order valence-corrected chi connectivity index (χ0v) is 15.8. The number of hydrogen-bond acceptors (Lipinski definition) is 5. The molecule has 3 aromatic rings. The Kier molecular flexibility index (Phi) is 4.49. The molecule has 0 unspecified atom stereocenters. The summed E-state index contributed by atoms with van der Waals surface area (Å²) in [4.78, 5) is 16.5. The summed E-state index contributed by atoms with van der Waals surface area (Å²) in [6, 6.07) is 20.0. The number of anilines is 2. The molecular weight excluding hydrogens is 361 g/mol. The van der Waals surface area contributed by atoms with Crippen LogP contribution in [0.5, 0.6) is 0 Å². The zero-order valence-electron chi connectivity index (χ0n) is 15.0. The summed E-state index contributed by atoms with van der Waals surface area (Å²) in [5.41, 5.74) is 1.61. The molecule has 0 spiro atoms. The smallest absolute Gasteiger partial charge is 0.198 e. The third kappa shape index (κ3) is 3.24. The second kappa shape index (κ2) is 6.96. The van der Waals surface area contributed by atoms with E-state index in [1.54, 1.807) is 23.5 Å². The van der Waals surface area contributed by atoms with Gasteiger partial charge in [0.05, 0.1) is 5.69 Å². The van der Waals surface area contributed by atoms with Gasteiger partial charge in [0.1, 0.15) is 5.82 Å². The molecule has 0 saturated heterocycles. The minimum Gasteiger partial charge on any atom is -0.294 e. The number of aryl methyl sites for hydroxylation is 1. The quantitative estimate of drug-likeness (QED) is 0.631. The molecular formula is C21H18FN3OS. The summed E-state index contributed by atoms with van der Waals surface area (Å²) < 4.78 is 13.5. The number of ketones is 1. The van der Waals surface area contributed by atoms with Crippen molar-refractivity contribution in [3.63, 3.8) is 0 Å². The van der Waals surface area contributed by atoms with Crippen LogP contribution in [0.15, 0.2) is 71.8 Å². The van der Waals surface area contributed by atoms with Gasteiger partial charge in [-0.3, -0.25) is 9.69 Å². The number of halogens is 1. The van der Waals surface area contributed by atoms with E-state index in [0.717, 1.165) is 16.3 Å². The van der Waals surface area contributed by atoms with Crippen LogP contribution in [0, 0.1) is 12.7 Å². The molecule has 0 N–H and O–H groups in total. The number of hydrogen-bond donors (Lipinski definition) is 0. The lowest BCUT2D eigenvalue weighted by atomic mass is 10.2. The van der Waals surface area contributed by atoms with Gasteiger partial charge in [0.15, 0.2) is 17.8 Å². The molecule has 6 heteroatoms. The Hall–Kier alpha value is -2.99. The fourth-order valence-electron chi connectivity index (χ4n) is 3.15. The van der Waals surface area contributed by atoms with Crippen molar-refractivity contribution in [1.29, 1.82) is 0 Å². The predicted octanol–water partition coefficient (Wildman–Crippen LogP) is 5.12. The van der Waals surface area contributed by atoms with Gasteiger partial charge in [-0.1, -0.05) is 18.2 Å². The van der Waals surface area contributed by atoms with Crippen LogP contribution in [-0.2, 0) is 4.79 Å². The Balaban J connectivity index is 1.88. The first-order chi connectivity index (χ1) is 13.0. The second-order valence-electron chi connectivity index (χ2n) is 6.33. The van der Waals surface area contributed by atoms with E-state index in [4.69, 9.17) is 0 Å². The van der Waals surface area contributed by atoms with Gasteiger partial charge in [-0.15, -0.1) is 16.4 Å². The lowest BCUT2D eigenvalue weighted by Crippen LogP contribution is -2.37. The van der Waals surface area contributed by atoms with Crippen LogP contribution in [0.25, 0.3) is 0 Å². The minimum atomic E-state index is -0.317. The third-order valence-electron chi connectivity index (χ3n) is 4.36. The minimum absolute atomic E-state index is 0.143. The summed E-state index contributed by atoms with van der Waals surface area (Å²) in [7, 11) is 0. The Bertz CT molecular complexity index is 998. The summed E-state index contributed by atoms with van der Waals surface area (Å²) in [5, 5.41) is 6.50. The standard InChI is InChI=1S/C21H18FN3OS/c1-14-8-13-19(27-14)21-24(17-11-9-16(22)10-12-17)20(15(2)26)23-25(21)18-6-4-3-5-7-18/h3-13,21H,1-2H3/t21-/m1/s1. The highest BCUT2D eigenvalue weighted by molar-refractivity contribution is 7.12. The lowest BCUT2D eigenvalue weighted by Gasteiger charge is -2.31. The molecule has 27 heavy (non-hydrogen) atoms. The Morgan fingerprint density at radius 2 is 1.70 bits per heavy atom. The maximum absolute atomic E-state index is 13.5. The molecule has 1 aliphatic rings. The van der Waals surface area contributed by atoms with E-state index in [1.165, 1.54) is 23.9 Å². The average Bonchev–Trinajstić information content (AvgIpc) is 3.27. The highest BCUT2D eigenvalue weighted by Gasteiger charge is 2.39. The fourth-order valence-corrected chi connectivity index (χ4v) is 4.11. The van der Waals surface area contributed by atoms with Gasteiger partial charge >= 0.3 is 0 Å². The molecule has 0 saturated carbocycles. The lowest BCUT2D eigenvalue weighted by molar-refractivity contribution is -0.111. The largest absolute Gasteiger partial charge is 0.294 e. The Labute approximate surface area is 161 Å². The van der Waals surface area contributed by atoms with Crippen molar-refractivity contribution < 1.29 is 9.18 Å². The number of para-hydroxylation sites is 1. The maximum Gasteiger partial charge on any atom is 0.198 e. The highest BCUT2D eigenvalue weighted by atomic mass is 32.1. The maximum atomic E-state index is 13.5. The Morgan fingerprint density at radius 1 is 1.00 bits per heavy atom. The van der Waals surface area contributed by atoms with E-state index in [2.05, 4.69) is 17.2 Å². The summed E-state index contributed by atoms with van der Waals surface area (Å²) >= 11 is 1.66. The van der Waals surface area contributed by atoms with Crippen LogP contribution in [0.1, 0.15) is 22.8 Å². The van der Waals surface area contributed by atoms with Crippen molar-refractivity contribution >= 4 is 34.3 Å². The number of carbonyl (C=O) groups is 1. The molecule has 4 rings (SSSR count). The summed E-state index contributed by atoms with van der Waals surface area (Å²) in [6.45, 7) is 3.55. The van der Waals surface area contributed by atoms with E-state index in [1.807, 2.05) is 47.2 Å². The fraction of sp³-hybridized carbons (Fsp3) is 0.143. The van der Waals surface area contributed by atoms with Gasteiger partial charge in [0.2, 0.25) is 0 Å². The molecule has 0 bridgehead atoms. The number of amidine groups is 1. The molecule has 4 nitrogen and oxygen atoms in total. The van der Waals surface area contributed by atoms with Crippen molar-refractivity contribution in [3.05, 3.63) is 82.3 Å². The van der Waals surface area contributed by atoms with E-state index in [-0.39, 0.29) is 17.8 Å². The van der Waals surface area contributed by atoms with Crippen LogP contribution >= 0.6 is 11.3 Å². The molecule has 1 aromatic heterocycles. The zero-order chi connectivity index (χ0) is 19.0. The normalized spacial score (nSPS) is 16.6. The molecule has 0 radical (unpaired) electrons. The van der Waals surface area contributed by atoms with Gasteiger partial charge in [-0.25, -0.2) is 9.40 Å². The van der Waals surface area contributed by atoms with Gasteiger partial charge in [0, 0.05) is 22.4 Å². The first-order valence-electron chi connectivity index (χ1n) is 8.59. The first-order valence-corrected chi connectivity index (χ1v) is 9.41. The molecule has 2 aromatic carbocycles. The summed E-state index contributed by atoms with van der Waals surface area (Å²) in [6.07, 6.45) is -0.310. The molecule has 0 fully saturated rings. The molecule has 0 aliphatic carbocycles. The van der Waals surface area contributed by atoms with Crippen LogP contribution in [0.3, 0.4) is 0 Å². The topological polar surface area (TPSA) is 35.9 Å². The van der Waals surface area contributed by atoms with Crippen LogP contribution in [-0.4, -0.2) is 11.6 Å². The number of rotatable bonds is 4. The van der Waals surface area contributed by atoms with E-state index < -0.39 is 0 Å². The number of thiophene rings is 1. The number of benzene rings is 2. The van der Waals surface area contributed by atoms with Crippen molar-refractivity contribution in [2.24, 2.45) is 5.10 Å². The second-order valence-corrected chi connectivity index (χ2v) is 7.65. The summed E-state index contributed by atoms with van der Waals surface area (Å²) in [5.74, 6) is -0.125. The van der Waals surface area contributed by atoms with E-state index in [0.29, 0.717) is 5.84 Å². The number of nitrogens with zero attached hydrogens (tertiary/aromatic N) is 3. The van der Waals surface area contributed by atoms with Gasteiger partial charge in [-0.2, -0.15) is 0 Å². The van der Waals surface area contributed by atoms with Gasteiger partial charge in [-0.05, 0) is 55.5 Å². The van der Waals surface area contributed by atoms with Crippen molar-refractivity contribution in [2.75, 3.05) is 9.91 Å². The van der Waals surface area contributed by atoms with Crippen LogP contribution in [0.4, 0.5) is 15.8 Å².